The normalized spacial score (nSPS) is 9.73. The van der Waals surface area contributed by atoms with Gasteiger partial charge in [-0.15, -0.1) is 0 Å². The lowest BCUT2D eigenvalue weighted by atomic mass is 10.3. The van der Waals surface area contributed by atoms with E-state index in [1.54, 1.807) is 0 Å². The molecule has 0 bridgehead atoms. The Morgan fingerprint density at radius 2 is 2.13 bits per heavy atom. The highest BCUT2D eigenvalue weighted by molar-refractivity contribution is 6.31. The summed E-state index contributed by atoms with van der Waals surface area (Å²) in [5.74, 6) is -2.53. The number of hydrogen-bond donors (Lipinski definition) is 2. The fourth-order valence-electron chi connectivity index (χ4n) is 0.916. The fourth-order valence-corrected chi connectivity index (χ4v) is 1.10. The van der Waals surface area contributed by atoms with E-state index in [9.17, 15) is 14.0 Å². The van der Waals surface area contributed by atoms with E-state index in [4.69, 9.17) is 16.7 Å². The molecule has 1 aromatic rings. The van der Waals surface area contributed by atoms with Crippen molar-refractivity contribution in [3.05, 3.63) is 29.0 Å². The van der Waals surface area contributed by atoms with Crippen molar-refractivity contribution >= 4 is 29.2 Å². The molecule has 0 radical (unpaired) electrons. The van der Waals surface area contributed by atoms with Gasteiger partial charge in [0.05, 0.1) is 5.02 Å². The van der Waals surface area contributed by atoms with Crippen LogP contribution in [-0.2, 0) is 9.59 Å². The third-order valence-electron chi connectivity index (χ3n) is 1.52. The molecule has 0 saturated heterocycles. The van der Waals surface area contributed by atoms with Crippen molar-refractivity contribution in [2.24, 2.45) is 0 Å². The highest BCUT2D eigenvalue weighted by atomic mass is 35.5. The summed E-state index contributed by atoms with van der Waals surface area (Å²) < 4.78 is 12.7. The summed E-state index contributed by atoms with van der Waals surface area (Å²) in [6, 6.07) is 3.58. The molecule has 0 aliphatic rings. The average molecular weight is 232 g/mol. The van der Waals surface area contributed by atoms with Gasteiger partial charge in [0, 0.05) is 5.69 Å². The molecule has 15 heavy (non-hydrogen) atoms. The van der Waals surface area contributed by atoms with Crippen LogP contribution in [0.15, 0.2) is 18.2 Å². The maximum atomic E-state index is 12.7. The topological polar surface area (TPSA) is 66.4 Å². The number of hydrogen-bond acceptors (Lipinski definition) is 2. The molecule has 0 aromatic heterocycles. The molecular weight excluding hydrogens is 225 g/mol. The largest absolute Gasteiger partial charge is 0.481 e. The van der Waals surface area contributed by atoms with Crippen LogP contribution in [0.1, 0.15) is 6.42 Å². The highest BCUT2D eigenvalue weighted by Gasteiger charge is 2.08. The summed E-state index contributed by atoms with van der Waals surface area (Å²) >= 11 is 5.46. The Bertz CT molecular complexity index is 408. The molecule has 0 saturated carbocycles. The van der Waals surface area contributed by atoms with Crippen molar-refractivity contribution in [3.8, 4) is 0 Å². The van der Waals surface area contributed by atoms with E-state index in [2.05, 4.69) is 5.32 Å². The minimum absolute atomic E-state index is 0.136. The van der Waals surface area contributed by atoms with Gasteiger partial charge in [-0.3, -0.25) is 9.59 Å². The third kappa shape index (κ3) is 3.55. The number of carbonyl (C=O) groups excluding carboxylic acids is 1. The molecular formula is C9H7ClFNO3. The van der Waals surface area contributed by atoms with Crippen molar-refractivity contribution in [2.45, 2.75) is 6.42 Å². The van der Waals surface area contributed by atoms with Crippen molar-refractivity contribution in [2.75, 3.05) is 5.32 Å². The maximum absolute atomic E-state index is 12.7. The summed E-state index contributed by atoms with van der Waals surface area (Å²) in [4.78, 5) is 21.2. The summed E-state index contributed by atoms with van der Waals surface area (Å²) in [5.41, 5.74) is 0.257. The molecule has 0 heterocycles. The second-order valence-corrected chi connectivity index (χ2v) is 3.15. The number of benzene rings is 1. The fraction of sp³-hybridized carbons (Fsp3) is 0.111. The number of rotatable bonds is 3. The Morgan fingerprint density at radius 3 is 2.67 bits per heavy atom. The number of carboxylic acids is 1. The van der Waals surface area contributed by atoms with Gasteiger partial charge in [0.2, 0.25) is 5.91 Å². The summed E-state index contributed by atoms with van der Waals surface area (Å²) in [6.07, 6.45) is -0.644. The van der Waals surface area contributed by atoms with Crippen molar-refractivity contribution in [3.63, 3.8) is 0 Å². The second-order valence-electron chi connectivity index (χ2n) is 2.75. The standard InChI is InChI=1S/C9H7ClFNO3/c10-6-3-5(1-2-7(6)11)12-8(13)4-9(14)15/h1-3H,4H2,(H,12,13)(H,14,15). The van der Waals surface area contributed by atoms with Gasteiger partial charge in [0.1, 0.15) is 12.2 Å². The number of amides is 1. The molecule has 1 rings (SSSR count). The Labute approximate surface area is 89.7 Å². The number of nitrogens with one attached hydrogen (secondary N) is 1. The minimum atomic E-state index is -1.24. The van der Waals surface area contributed by atoms with Crippen molar-refractivity contribution < 1.29 is 19.1 Å². The zero-order valence-corrected chi connectivity index (χ0v) is 8.21. The first kappa shape index (κ1) is 11.5. The van der Waals surface area contributed by atoms with Crippen LogP contribution in [0.5, 0.6) is 0 Å². The van der Waals surface area contributed by atoms with Crippen LogP contribution in [-0.4, -0.2) is 17.0 Å². The lowest BCUT2D eigenvalue weighted by Gasteiger charge is -2.03. The van der Waals surface area contributed by atoms with Crippen LogP contribution in [0.3, 0.4) is 0 Å². The first-order valence-electron chi connectivity index (χ1n) is 3.95. The number of carbonyl (C=O) groups is 2. The van der Waals surface area contributed by atoms with E-state index in [1.807, 2.05) is 0 Å². The molecule has 0 fully saturated rings. The molecule has 1 amide bonds. The number of halogens is 2. The Hall–Kier alpha value is -1.62. The quantitative estimate of drug-likeness (QED) is 0.781. The van der Waals surface area contributed by atoms with Crippen LogP contribution < -0.4 is 5.32 Å². The van der Waals surface area contributed by atoms with Gasteiger partial charge >= 0.3 is 5.97 Å². The molecule has 6 heteroatoms. The van der Waals surface area contributed by atoms with Crippen LogP contribution in [0.2, 0.25) is 5.02 Å². The summed E-state index contributed by atoms with van der Waals surface area (Å²) in [7, 11) is 0. The lowest BCUT2D eigenvalue weighted by Crippen LogP contribution is -2.15. The monoisotopic (exact) mass is 231 g/mol. The first-order valence-corrected chi connectivity index (χ1v) is 4.33. The molecule has 0 aliphatic heterocycles. The van der Waals surface area contributed by atoms with E-state index in [0.29, 0.717) is 0 Å². The Balaban J connectivity index is 2.69. The van der Waals surface area contributed by atoms with Gasteiger partial charge in [0.25, 0.3) is 0 Å². The average Bonchev–Trinajstić information content (AvgIpc) is 2.10. The predicted molar refractivity (Wildman–Crippen MR) is 52.3 cm³/mol. The number of anilines is 1. The van der Waals surface area contributed by atoms with Gasteiger partial charge in [-0.05, 0) is 18.2 Å². The summed E-state index contributed by atoms with van der Waals surface area (Å²) in [6.45, 7) is 0. The van der Waals surface area contributed by atoms with E-state index >= 15 is 0 Å². The smallest absolute Gasteiger partial charge is 0.312 e. The van der Waals surface area contributed by atoms with Crippen LogP contribution in [0.4, 0.5) is 10.1 Å². The molecule has 0 atom stereocenters. The van der Waals surface area contributed by atoms with E-state index in [0.717, 1.165) is 6.07 Å². The second kappa shape index (κ2) is 4.75. The van der Waals surface area contributed by atoms with Crippen LogP contribution in [0, 0.1) is 5.82 Å². The zero-order chi connectivity index (χ0) is 11.4. The number of carboxylic acid groups (broad SMARTS) is 1. The van der Waals surface area contributed by atoms with E-state index < -0.39 is 24.1 Å². The van der Waals surface area contributed by atoms with E-state index in [1.165, 1.54) is 12.1 Å². The Kier molecular flexibility index (Phi) is 3.62. The van der Waals surface area contributed by atoms with Gasteiger partial charge in [-0.2, -0.15) is 0 Å². The molecule has 0 spiro atoms. The molecule has 0 unspecified atom stereocenters. The molecule has 2 N–H and O–H groups in total. The zero-order valence-electron chi connectivity index (χ0n) is 7.46. The summed E-state index contributed by atoms with van der Waals surface area (Å²) in [5, 5.41) is 10.4. The molecule has 1 aromatic carbocycles. The highest BCUT2D eigenvalue weighted by Crippen LogP contribution is 2.19. The maximum Gasteiger partial charge on any atom is 0.312 e. The van der Waals surface area contributed by atoms with E-state index in [-0.39, 0.29) is 10.7 Å². The number of aliphatic carboxylic acids is 1. The van der Waals surface area contributed by atoms with Gasteiger partial charge in [-0.1, -0.05) is 11.6 Å². The predicted octanol–water partition coefficient (Wildman–Crippen LogP) is 1.89. The molecule has 0 aliphatic carbocycles. The van der Waals surface area contributed by atoms with Crippen molar-refractivity contribution in [1.29, 1.82) is 0 Å². The lowest BCUT2D eigenvalue weighted by molar-refractivity contribution is -0.139. The first-order chi connectivity index (χ1) is 6.99. The van der Waals surface area contributed by atoms with Crippen LogP contribution >= 0.6 is 11.6 Å². The SMILES string of the molecule is O=C(O)CC(=O)Nc1ccc(F)c(Cl)c1. The third-order valence-corrected chi connectivity index (χ3v) is 1.80. The molecule has 4 nitrogen and oxygen atoms in total. The minimum Gasteiger partial charge on any atom is -0.481 e. The van der Waals surface area contributed by atoms with Gasteiger partial charge in [-0.25, -0.2) is 4.39 Å². The molecule has 80 valence electrons. The van der Waals surface area contributed by atoms with Gasteiger partial charge < -0.3 is 10.4 Å². The Morgan fingerprint density at radius 1 is 1.47 bits per heavy atom. The van der Waals surface area contributed by atoms with Crippen LogP contribution in [0.25, 0.3) is 0 Å². The van der Waals surface area contributed by atoms with Crippen molar-refractivity contribution in [1.82, 2.24) is 0 Å². The van der Waals surface area contributed by atoms with Gasteiger partial charge in [0.15, 0.2) is 0 Å².